The van der Waals surface area contributed by atoms with E-state index in [1.807, 2.05) is 6.07 Å². The molecule has 0 aliphatic carbocycles. The van der Waals surface area contributed by atoms with E-state index in [4.69, 9.17) is 15.2 Å². The molecule has 4 heterocycles. The van der Waals surface area contributed by atoms with Gasteiger partial charge in [0.1, 0.15) is 24.0 Å². The number of likely N-dealkylation sites (N-methyl/N-ethyl adjacent to an activating group) is 1. The Balaban J connectivity index is 1.73. The van der Waals surface area contributed by atoms with Gasteiger partial charge in [-0.2, -0.15) is 5.10 Å². The number of hydrogen-bond donors (Lipinski definition) is 1. The summed E-state index contributed by atoms with van der Waals surface area (Å²) in [7, 11) is 4.96. The third-order valence-corrected chi connectivity index (χ3v) is 6.50. The van der Waals surface area contributed by atoms with E-state index >= 15 is 0 Å². The molecule has 1 atom stereocenters. The standard InChI is InChI=1S/C24H27FN6O3/c1-29-9-10-34-19-7-6-15(25)12-16(19)17-5-4-8-31(17)18-11-14(13-27-22(18)26)20-21(23(29)32)28-30(2)24(20)33-3/h6-7,11-13,17H,4-5,8-10H2,1-3H3,(H2,26,27)/t17-/m1/s1. The lowest BCUT2D eigenvalue weighted by molar-refractivity contribution is 0.0767. The van der Waals surface area contributed by atoms with Crippen LogP contribution in [0.15, 0.2) is 30.5 Å². The summed E-state index contributed by atoms with van der Waals surface area (Å²) < 4.78 is 27.5. The van der Waals surface area contributed by atoms with Crippen molar-refractivity contribution in [3.63, 3.8) is 0 Å². The molecule has 5 rings (SSSR count). The van der Waals surface area contributed by atoms with Crippen molar-refractivity contribution in [3.8, 4) is 22.8 Å². The Morgan fingerprint density at radius 3 is 2.85 bits per heavy atom. The second-order valence-corrected chi connectivity index (χ2v) is 8.59. The molecule has 9 nitrogen and oxygen atoms in total. The van der Waals surface area contributed by atoms with Crippen molar-refractivity contribution in [2.24, 2.45) is 7.05 Å². The van der Waals surface area contributed by atoms with Gasteiger partial charge in [0.25, 0.3) is 5.91 Å². The maximum atomic E-state index is 14.3. The summed E-state index contributed by atoms with van der Waals surface area (Å²) >= 11 is 0. The highest BCUT2D eigenvalue weighted by atomic mass is 19.1. The van der Waals surface area contributed by atoms with Gasteiger partial charge in [0.2, 0.25) is 5.88 Å². The lowest BCUT2D eigenvalue weighted by atomic mass is 10.0. The lowest BCUT2D eigenvalue weighted by Gasteiger charge is -2.30. The molecular weight excluding hydrogens is 439 g/mol. The van der Waals surface area contributed by atoms with Crippen LogP contribution in [0.4, 0.5) is 15.9 Å². The first-order valence-corrected chi connectivity index (χ1v) is 11.2. The fourth-order valence-corrected chi connectivity index (χ4v) is 4.85. The molecule has 178 valence electrons. The first-order valence-electron chi connectivity index (χ1n) is 11.2. The number of aromatic nitrogens is 3. The van der Waals surface area contributed by atoms with Crippen LogP contribution in [0, 0.1) is 5.82 Å². The summed E-state index contributed by atoms with van der Waals surface area (Å²) in [6.45, 7) is 1.31. The van der Waals surface area contributed by atoms with Gasteiger partial charge >= 0.3 is 0 Å². The van der Waals surface area contributed by atoms with Gasteiger partial charge in [0.05, 0.1) is 30.9 Å². The Hall–Kier alpha value is -3.82. The summed E-state index contributed by atoms with van der Waals surface area (Å²) in [5.41, 5.74) is 9.29. The molecule has 10 heteroatoms. The Labute approximate surface area is 196 Å². The molecule has 3 aromatic rings. The predicted octanol–water partition coefficient (Wildman–Crippen LogP) is 3.02. The zero-order valence-electron chi connectivity index (χ0n) is 19.4. The number of rotatable bonds is 1. The normalized spacial score (nSPS) is 18.0. The second-order valence-electron chi connectivity index (χ2n) is 8.59. The van der Waals surface area contributed by atoms with Gasteiger partial charge in [-0.3, -0.25) is 4.79 Å². The number of aryl methyl sites for hydroxylation is 1. The smallest absolute Gasteiger partial charge is 0.275 e. The number of fused-ring (bicyclic) bond motifs is 8. The average molecular weight is 467 g/mol. The van der Waals surface area contributed by atoms with Crippen LogP contribution in [0.25, 0.3) is 11.1 Å². The average Bonchev–Trinajstić information content (AvgIpc) is 3.43. The molecule has 2 aliphatic rings. The van der Waals surface area contributed by atoms with Crippen LogP contribution in [-0.4, -0.2) is 59.4 Å². The van der Waals surface area contributed by atoms with Crippen LogP contribution in [0.1, 0.15) is 34.9 Å². The lowest BCUT2D eigenvalue weighted by Crippen LogP contribution is -2.32. The number of halogens is 1. The number of amides is 1. The van der Waals surface area contributed by atoms with Crippen molar-refractivity contribution in [2.75, 3.05) is 44.5 Å². The van der Waals surface area contributed by atoms with E-state index in [1.165, 1.54) is 23.9 Å². The van der Waals surface area contributed by atoms with E-state index in [0.29, 0.717) is 40.8 Å². The van der Waals surface area contributed by atoms with Crippen LogP contribution >= 0.6 is 0 Å². The number of nitrogens with two attached hydrogens (primary N) is 1. The monoisotopic (exact) mass is 466 g/mol. The number of nitrogens with zero attached hydrogens (tertiary/aromatic N) is 5. The fraction of sp³-hybridized carbons (Fsp3) is 0.375. The molecule has 2 bridgehead atoms. The van der Waals surface area contributed by atoms with Gasteiger partial charge in [-0.25, -0.2) is 14.1 Å². The number of carbonyl (C=O) groups is 1. The highest BCUT2D eigenvalue weighted by Gasteiger charge is 2.33. The largest absolute Gasteiger partial charge is 0.491 e. The third-order valence-electron chi connectivity index (χ3n) is 6.50. The van der Waals surface area contributed by atoms with E-state index in [0.717, 1.165) is 24.9 Å². The van der Waals surface area contributed by atoms with Crippen molar-refractivity contribution >= 4 is 17.4 Å². The van der Waals surface area contributed by atoms with Crippen LogP contribution < -0.4 is 20.1 Å². The summed E-state index contributed by atoms with van der Waals surface area (Å²) in [4.78, 5) is 21.5. The van der Waals surface area contributed by atoms with Crippen molar-refractivity contribution in [2.45, 2.75) is 18.9 Å². The molecule has 1 aromatic carbocycles. The number of anilines is 2. The molecular formula is C24H27FN6O3. The quantitative estimate of drug-likeness (QED) is 0.589. The number of benzene rings is 1. The van der Waals surface area contributed by atoms with Gasteiger partial charge in [-0.05, 0) is 37.1 Å². The Morgan fingerprint density at radius 1 is 1.24 bits per heavy atom. The minimum atomic E-state index is -0.327. The van der Waals surface area contributed by atoms with E-state index in [2.05, 4.69) is 15.0 Å². The Bertz CT molecular complexity index is 1260. The highest BCUT2D eigenvalue weighted by Crippen LogP contribution is 2.44. The first kappa shape index (κ1) is 22.0. The minimum Gasteiger partial charge on any atom is -0.491 e. The number of methoxy groups -OCH3 is 1. The topological polar surface area (TPSA) is 98.7 Å². The SMILES string of the molecule is COc1c2c(nn1C)C(=O)N(C)CCOc1ccc(F)cc1[C@H]1CCCN1c1cc-2cnc1N. The van der Waals surface area contributed by atoms with E-state index in [1.54, 1.807) is 31.3 Å². The zero-order chi connectivity index (χ0) is 24.0. The fourth-order valence-electron chi connectivity index (χ4n) is 4.85. The van der Waals surface area contributed by atoms with Crippen molar-refractivity contribution < 1.29 is 18.7 Å². The molecule has 0 spiro atoms. The van der Waals surface area contributed by atoms with Crippen molar-refractivity contribution in [3.05, 3.63) is 47.5 Å². The van der Waals surface area contributed by atoms with Gasteiger partial charge in [-0.1, -0.05) is 0 Å². The number of hydrogen-bond acceptors (Lipinski definition) is 7. The van der Waals surface area contributed by atoms with Crippen molar-refractivity contribution in [1.82, 2.24) is 19.7 Å². The molecule has 2 N–H and O–H groups in total. The molecule has 1 fully saturated rings. The van der Waals surface area contributed by atoms with Gasteiger partial charge < -0.3 is 25.0 Å². The van der Waals surface area contributed by atoms with Crippen LogP contribution in [0.3, 0.4) is 0 Å². The number of ether oxygens (including phenoxy) is 2. The predicted molar refractivity (Wildman–Crippen MR) is 126 cm³/mol. The molecule has 2 aliphatic heterocycles. The number of pyridine rings is 1. The molecule has 0 radical (unpaired) electrons. The van der Waals surface area contributed by atoms with Crippen LogP contribution in [-0.2, 0) is 7.05 Å². The first-order chi connectivity index (χ1) is 16.4. The maximum absolute atomic E-state index is 14.3. The Morgan fingerprint density at radius 2 is 2.06 bits per heavy atom. The van der Waals surface area contributed by atoms with E-state index in [-0.39, 0.29) is 30.1 Å². The number of carbonyl (C=O) groups excluding carboxylic acids is 1. The summed E-state index contributed by atoms with van der Waals surface area (Å²) in [6, 6.07) is 6.34. The minimum absolute atomic E-state index is 0.123. The molecule has 34 heavy (non-hydrogen) atoms. The van der Waals surface area contributed by atoms with Gasteiger partial charge in [-0.15, -0.1) is 0 Å². The summed E-state index contributed by atoms with van der Waals surface area (Å²) in [5.74, 6) is 0.801. The van der Waals surface area contributed by atoms with Crippen LogP contribution in [0.5, 0.6) is 11.6 Å². The third kappa shape index (κ3) is 3.59. The zero-order valence-corrected chi connectivity index (χ0v) is 19.4. The van der Waals surface area contributed by atoms with Gasteiger partial charge in [0, 0.05) is 38.0 Å². The van der Waals surface area contributed by atoms with Gasteiger partial charge in [0.15, 0.2) is 5.69 Å². The summed E-state index contributed by atoms with van der Waals surface area (Å²) in [6.07, 6.45) is 3.36. The van der Waals surface area contributed by atoms with E-state index < -0.39 is 0 Å². The van der Waals surface area contributed by atoms with E-state index in [9.17, 15) is 9.18 Å². The Kier molecular flexibility index (Phi) is 5.51. The molecule has 0 saturated carbocycles. The summed E-state index contributed by atoms with van der Waals surface area (Å²) in [5, 5.41) is 4.46. The molecule has 2 aromatic heterocycles. The van der Waals surface area contributed by atoms with Crippen molar-refractivity contribution in [1.29, 1.82) is 0 Å². The van der Waals surface area contributed by atoms with Crippen LogP contribution in [0.2, 0.25) is 0 Å². The number of nitrogen functional groups attached to an aromatic ring is 1. The maximum Gasteiger partial charge on any atom is 0.275 e. The molecule has 1 saturated heterocycles. The molecule has 1 amide bonds. The molecule has 0 unspecified atom stereocenters. The highest BCUT2D eigenvalue weighted by molar-refractivity contribution is 6.00. The second kappa shape index (κ2) is 8.51.